The van der Waals surface area contributed by atoms with Crippen molar-refractivity contribution in [2.24, 2.45) is 5.92 Å². The van der Waals surface area contributed by atoms with Gasteiger partial charge >= 0.3 is 5.97 Å². The number of aliphatic carboxylic acids is 1. The third-order valence-electron chi connectivity index (χ3n) is 5.36. The number of fused-ring (bicyclic) bond motifs is 1. The number of benzene rings is 2. The minimum Gasteiger partial charge on any atom is -0.481 e. The summed E-state index contributed by atoms with van der Waals surface area (Å²) < 4.78 is 0. The number of aromatic nitrogens is 2. The van der Waals surface area contributed by atoms with Crippen LogP contribution in [-0.4, -0.2) is 27.6 Å². The number of carbonyl (C=O) groups is 1. The molecule has 0 amide bonds. The number of para-hydroxylation sites is 1. The number of rotatable bonds is 8. The van der Waals surface area contributed by atoms with Crippen molar-refractivity contribution < 1.29 is 9.90 Å². The first kappa shape index (κ1) is 22.6. The van der Waals surface area contributed by atoms with Crippen LogP contribution < -0.4 is 5.32 Å². The molecule has 4 aromatic rings. The summed E-state index contributed by atoms with van der Waals surface area (Å²) in [6.07, 6.45) is 2.32. The molecule has 0 spiro atoms. The molecule has 0 saturated carbocycles. The maximum atomic E-state index is 12.0. The fraction of sp³-hybridized carbons (Fsp3) is 0.250. The van der Waals surface area contributed by atoms with Crippen LogP contribution in [0.2, 0.25) is 10.0 Å². The maximum Gasteiger partial charge on any atom is 0.308 e. The maximum absolute atomic E-state index is 12.0. The number of H-pyrrole nitrogens is 1. The summed E-state index contributed by atoms with van der Waals surface area (Å²) in [5, 5.41) is 15.8. The molecule has 1 atom stereocenters. The van der Waals surface area contributed by atoms with Gasteiger partial charge in [-0.2, -0.15) is 0 Å². The Labute approximate surface area is 200 Å². The lowest BCUT2D eigenvalue weighted by atomic mass is 9.99. The Balaban J connectivity index is 1.55. The highest BCUT2D eigenvalue weighted by Crippen LogP contribution is 2.38. The van der Waals surface area contributed by atoms with Crippen molar-refractivity contribution in [3.8, 4) is 11.3 Å². The van der Waals surface area contributed by atoms with Gasteiger partial charge in [-0.25, -0.2) is 4.98 Å². The van der Waals surface area contributed by atoms with Crippen molar-refractivity contribution in [1.29, 1.82) is 0 Å². The van der Waals surface area contributed by atoms with E-state index in [1.165, 1.54) is 11.3 Å². The molecule has 4 rings (SSSR count). The van der Waals surface area contributed by atoms with Gasteiger partial charge in [0, 0.05) is 34.1 Å². The van der Waals surface area contributed by atoms with Gasteiger partial charge in [-0.05, 0) is 36.1 Å². The van der Waals surface area contributed by atoms with Crippen LogP contribution >= 0.6 is 34.5 Å². The Hall–Kier alpha value is -2.54. The molecule has 0 bridgehead atoms. The van der Waals surface area contributed by atoms with E-state index in [2.05, 4.69) is 24.1 Å². The van der Waals surface area contributed by atoms with Crippen LogP contribution in [0.15, 0.2) is 48.7 Å². The molecule has 0 aliphatic heterocycles. The van der Waals surface area contributed by atoms with Crippen molar-refractivity contribution in [3.05, 3.63) is 69.1 Å². The van der Waals surface area contributed by atoms with Crippen LogP contribution in [0.4, 0.5) is 5.13 Å². The van der Waals surface area contributed by atoms with Gasteiger partial charge in [0.15, 0.2) is 5.13 Å². The topological polar surface area (TPSA) is 78.0 Å². The van der Waals surface area contributed by atoms with Crippen molar-refractivity contribution in [2.75, 3.05) is 11.9 Å². The van der Waals surface area contributed by atoms with E-state index in [1.807, 2.05) is 42.6 Å². The lowest BCUT2D eigenvalue weighted by Crippen LogP contribution is -2.25. The van der Waals surface area contributed by atoms with E-state index in [0.717, 1.165) is 32.6 Å². The lowest BCUT2D eigenvalue weighted by molar-refractivity contribution is -0.141. The minimum absolute atomic E-state index is 0.258. The molecular weight excluding hydrogens is 465 g/mol. The monoisotopic (exact) mass is 487 g/mol. The highest BCUT2D eigenvalue weighted by Gasteiger charge is 2.22. The van der Waals surface area contributed by atoms with Gasteiger partial charge in [0.2, 0.25) is 0 Å². The fourth-order valence-electron chi connectivity index (χ4n) is 3.67. The van der Waals surface area contributed by atoms with Crippen molar-refractivity contribution in [3.63, 3.8) is 0 Å². The summed E-state index contributed by atoms with van der Waals surface area (Å²) in [5.74, 6) is -1.17. The highest BCUT2D eigenvalue weighted by atomic mass is 35.5. The van der Waals surface area contributed by atoms with E-state index in [9.17, 15) is 9.90 Å². The molecule has 32 heavy (non-hydrogen) atoms. The number of carboxylic acid groups (broad SMARTS) is 1. The predicted molar refractivity (Wildman–Crippen MR) is 133 cm³/mol. The van der Waals surface area contributed by atoms with Crippen LogP contribution in [-0.2, 0) is 11.2 Å². The normalized spacial score (nSPS) is 12.4. The third-order valence-corrected chi connectivity index (χ3v) is 7.41. The number of anilines is 1. The van der Waals surface area contributed by atoms with Crippen molar-refractivity contribution in [1.82, 2.24) is 9.97 Å². The number of aromatic amines is 1. The fourth-order valence-corrected chi connectivity index (χ4v) is 4.97. The third kappa shape index (κ3) is 4.77. The first-order valence-corrected chi connectivity index (χ1v) is 11.9. The Bertz CT molecular complexity index is 1270. The number of halogens is 2. The SMILES string of the molecule is CC(C)c1sc(NCC(Cc2c[nH]c3ccccc23)C(=O)O)nc1-c1ccc(Cl)c(Cl)c1. The summed E-state index contributed by atoms with van der Waals surface area (Å²) in [4.78, 5) is 21.0. The zero-order chi connectivity index (χ0) is 22.8. The van der Waals surface area contributed by atoms with Crippen LogP contribution in [0.3, 0.4) is 0 Å². The Morgan fingerprint density at radius 1 is 1.19 bits per heavy atom. The summed E-state index contributed by atoms with van der Waals surface area (Å²) in [7, 11) is 0. The van der Waals surface area contributed by atoms with Gasteiger partial charge in [-0.15, -0.1) is 11.3 Å². The molecule has 3 N–H and O–H groups in total. The van der Waals surface area contributed by atoms with E-state index in [-0.39, 0.29) is 12.5 Å². The minimum atomic E-state index is -0.840. The molecule has 2 aromatic carbocycles. The van der Waals surface area contributed by atoms with Gasteiger partial charge in [-0.3, -0.25) is 4.79 Å². The quantitative estimate of drug-likeness (QED) is 0.248. The van der Waals surface area contributed by atoms with Crippen LogP contribution in [0.5, 0.6) is 0 Å². The number of hydrogen-bond acceptors (Lipinski definition) is 4. The van der Waals surface area contributed by atoms with Crippen molar-refractivity contribution in [2.45, 2.75) is 26.2 Å². The number of thiazole rings is 1. The average molecular weight is 488 g/mol. The lowest BCUT2D eigenvalue weighted by Gasteiger charge is -2.12. The molecule has 2 aromatic heterocycles. The Morgan fingerprint density at radius 3 is 2.69 bits per heavy atom. The Morgan fingerprint density at radius 2 is 1.97 bits per heavy atom. The number of nitrogens with zero attached hydrogens (tertiary/aromatic N) is 1. The second kappa shape index (κ2) is 9.53. The van der Waals surface area contributed by atoms with E-state index in [0.29, 0.717) is 21.6 Å². The largest absolute Gasteiger partial charge is 0.481 e. The zero-order valence-corrected chi connectivity index (χ0v) is 20.0. The number of nitrogens with one attached hydrogen (secondary N) is 2. The average Bonchev–Trinajstić information content (AvgIpc) is 3.37. The second-order valence-electron chi connectivity index (χ2n) is 8.00. The van der Waals surface area contributed by atoms with Gasteiger partial charge < -0.3 is 15.4 Å². The Kier molecular flexibility index (Phi) is 6.74. The van der Waals surface area contributed by atoms with Gasteiger partial charge in [-0.1, -0.05) is 61.3 Å². The first-order valence-electron chi connectivity index (χ1n) is 10.3. The predicted octanol–water partition coefficient (Wildman–Crippen LogP) is 7.08. The summed E-state index contributed by atoms with van der Waals surface area (Å²) in [6.45, 7) is 4.49. The van der Waals surface area contributed by atoms with Gasteiger partial charge in [0.05, 0.1) is 21.7 Å². The standard InChI is InChI=1S/C24H23Cl2N3O2S/c1-13(2)22-21(14-7-8-18(25)19(26)10-14)29-24(32-22)28-12-16(23(30)31)9-15-11-27-20-6-4-3-5-17(15)20/h3-8,10-11,13,16,27H,9,12H2,1-2H3,(H,28,29)(H,30,31). The van der Waals surface area contributed by atoms with Crippen LogP contribution in [0.1, 0.15) is 30.2 Å². The van der Waals surface area contributed by atoms with E-state index in [1.54, 1.807) is 6.07 Å². The van der Waals surface area contributed by atoms with E-state index < -0.39 is 11.9 Å². The molecule has 166 valence electrons. The molecule has 0 aliphatic rings. The van der Waals surface area contributed by atoms with Gasteiger partial charge in [0.25, 0.3) is 0 Å². The van der Waals surface area contributed by atoms with Crippen molar-refractivity contribution >= 4 is 56.5 Å². The molecule has 0 fully saturated rings. The summed E-state index contributed by atoms with van der Waals surface area (Å²) in [5.41, 5.74) is 3.73. The first-order chi connectivity index (χ1) is 15.3. The zero-order valence-electron chi connectivity index (χ0n) is 17.7. The summed E-state index contributed by atoms with van der Waals surface area (Å²) in [6, 6.07) is 13.4. The summed E-state index contributed by atoms with van der Waals surface area (Å²) >= 11 is 13.8. The second-order valence-corrected chi connectivity index (χ2v) is 9.84. The molecule has 0 radical (unpaired) electrons. The molecule has 1 unspecified atom stereocenters. The number of carboxylic acids is 1. The molecule has 5 nitrogen and oxygen atoms in total. The smallest absolute Gasteiger partial charge is 0.308 e. The van der Waals surface area contributed by atoms with Crippen LogP contribution in [0, 0.1) is 5.92 Å². The van der Waals surface area contributed by atoms with E-state index in [4.69, 9.17) is 28.2 Å². The van der Waals surface area contributed by atoms with Gasteiger partial charge in [0.1, 0.15) is 0 Å². The van der Waals surface area contributed by atoms with E-state index >= 15 is 0 Å². The molecule has 8 heteroatoms. The molecule has 0 saturated heterocycles. The molecule has 2 heterocycles. The number of hydrogen-bond donors (Lipinski definition) is 3. The molecule has 0 aliphatic carbocycles. The van der Waals surface area contributed by atoms with Crippen LogP contribution in [0.25, 0.3) is 22.2 Å². The highest BCUT2D eigenvalue weighted by molar-refractivity contribution is 7.16. The molecular formula is C24H23Cl2N3O2S.